The normalized spacial score (nSPS) is 24.1. The van der Waals surface area contributed by atoms with Crippen molar-refractivity contribution in [3.63, 3.8) is 0 Å². The molecule has 0 saturated heterocycles. The minimum Gasteiger partial charge on any atom is -0.310 e. The lowest BCUT2D eigenvalue weighted by Gasteiger charge is -2.64. The minimum atomic E-state index is 0.220. The first kappa shape index (κ1) is 33.9. The fourth-order valence-electron chi connectivity index (χ4n) is 11.5. The van der Waals surface area contributed by atoms with Gasteiger partial charge in [-0.2, -0.15) is 5.26 Å². The molecule has 0 amide bonds. The van der Waals surface area contributed by atoms with Crippen LogP contribution in [0.15, 0.2) is 152 Å². The highest BCUT2D eigenvalue weighted by Gasteiger charge is 2.64. The summed E-state index contributed by atoms with van der Waals surface area (Å²) in [6, 6.07) is 55.8. The third-order valence-electron chi connectivity index (χ3n) is 13.9. The number of para-hydroxylation sites is 2. The number of benzene rings is 6. The van der Waals surface area contributed by atoms with Gasteiger partial charge >= 0.3 is 0 Å². The molecule has 0 radical (unpaired) electrons. The molecule has 4 fully saturated rings. The highest BCUT2D eigenvalue weighted by Crippen LogP contribution is 2.71. The monoisotopic (exact) mass is 737 g/mol. The molecule has 57 heavy (non-hydrogen) atoms. The van der Waals surface area contributed by atoms with Crippen LogP contribution in [0.1, 0.15) is 61.6 Å². The van der Waals surface area contributed by atoms with E-state index in [9.17, 15) is 5.26 Å². The molecule has 2 heterocycles. The van der Waals surface area contributed by atoms with Gasteiger partial charge in [-0.15, -0.1) is 0 Å². The highest BCUT2D eigenvalue weighted by molar-refractivity contribution is 5.85. The quantitative estimate of drug-likeness (QED) is 0.176. The van der Waals surface area contributed by atoms with E-state index in [0.717, 1.165) is 51.5 Å². The van der Waals surface area contributed by atoms with Crippen LogP contribution in [0.4, 0.5) is 17.1 Å². The summed E-state index contributed by atoms with van der Waals surface area (Å²) in [4.78, 5) is 18.0. The Hall–Kier alpha value is -6.38. The second-order valence-corrected chi connectivity index (χ2v) is 16.9. The Morgan fingerprint density at radius 3 is 2.00 bits per heavy atom. The molecular formula is C52H43N5. The van der Waals surface area contributed by atoms with E-state index in [2.05, 4.69) is 127 Å². The molecule has 5 aliphatic rings. The van der Waals surface area contributed by atoms with Gasteiger partial charge < -0.3 is 4.90 Å². The molecule has 1 spiro atoms. The third kappa shape index (κ3) is 5.46. The summed E-state index contributed by atoms with van der Waals surface area (Å²) in [5.74, 6) is 5.39. The van der Waals surface area contributed by atoms with Crippen LogP contribution in [-0.4, -0.2) is 15.0 Å². The Kier molecular flexibility index (Phi) is 7.96. The maximum absolute atomic E-state index is 9.76. The third-order valence-corrected chi connectivity index (χ3v) is 13.9. The molecule has 12 rings (SSSR count). The fourth-order valence-corrected chi connectivity index (χ4v) is 11.5. The lowest BCUT2D eigenvalue weighted by atomic mass is 9.41. The first-order valence-electron chi connectivity index (χ1n) is 20.6. The molecule has 5 bridgehead atoms. The number of aromatic nitrogens is 3. The smallest absolute Gasteiger partial charge is 0.164 e. The maximum Gasteiger partial charge on any atom is 0.164 e. The second kappa shape index (κ2) is 13.4. The van der Waals surface area contributed by atoms with Gasteiger partial charge in [-0.1, -0.05) is 128 Å². The van der Waals surface area contributed by atoms with Gasteiger partial charge in [-0.3, -0.25) is 0 Å². The van der Waals surface area contributed by atoms with Gasteiger partial charge in [0.15, 0.2) is 17.5 Å². The lowest BCUT2D eigenvalue weighted by molar-refractivity contribution is -0.0479. The van der Waals surface area contributed by atoms with Crippen LogP contribution in [0.2, 0.25) is 0 Å². The number of fused-ring (bicyclic) bond motifs is 6. The maximum atomic E-state index is 9.76. The van der Waals surface area contributed by atoms with Crippen LogP contribution in [0.5, 0.6) is 0 Å². The number of hydrogen-bond acceptors (Lipinski definition) is 5. The van der Waals surface area contributed by atoms with Crippen molar-refractivity contribution in [3.8, 4) is 51.4 Å². The van der Waals surface area contributed by atoms with E-state index < -0.39 is 0 Å². The highest BCUT2D eigenvalue weighted by atomic mass is 15.2. The average molecular weight is 738 g/mol. The van der Waals surface area contributed by atoms with Crippen molar-refractivity contribution in [2.45, 2.75) is 50.4 Å². The largest absolute Gasteiger partial charge is 0.310 e. The molecule has 7 aromatic rings. The Bertz CT molecular complexity index is 2680. The Balaban J connectivity index is 1.09. The van der Waals surface area contributed by atoms with Crippen molar-refractivity contribution in [1.82, 2.24) is 15.0 Å². The molecule has 4 aliphatic carbocycles. The standard InChI is InChI=1S/C52H43N5/c1-33-26-39-28-40-31-52(41(27-33)30-46(39)52)45-18-10-11-19-47(45)57(42-15-6-3-7-16-42)48-29-37(24-25-44(40)48)51-55-49(35-12-4-2-5-13-35)54-50(56-51)36-22-20-34(21-23-36)43-17-9-8-14-38(43)32-53/h2-25,29,33,39-41,46H,26-28,30-31H2,1H3/t33-,39-,40?,41?,46?,52?/m0/s1. The molecule has 6 aromatic carbocycles. The van der Waals surface area contributed by atoms with Crippen LogP contribution < -0.4 is 4.90 Å². The van der Waals surface area contributed by atoms with E-state index in [1.165, 1.54) is 54.7 Å². The van der Waals surface area contributed by atoms with Crippen molar-refractivity contribution in [1.29, 1.82) is 5.26 Å². The van der Waals surface area contributed by atoms with Crippen LogP contribution >= 0.6 is 0 Å². The zero-order chi connectivity index (χ0) is 38.1. The first-order chi connectivity index (χ1) is 28.1. The summed E-state index contributed by atoms with van der Waals surface area (Å²) < 4.78 is 0. The molecule has 1 aliphatic heterocycles. The van der Waals surface area contributed by atoms with Crippen LogP contribution in [0.3, 0.4) is 0 Å². The summed E-state index contributed by atoms with van der Waals surface area (Å²) in [7, 11) is 0. The number of rotatable bonds is 5. The van der Waals surface area contributed by atoms with Gasteiger partial charge in [0, 0.05) is 33.5 Å². The molecule has 1 aromatic heterocycles. The number of nitrogens with zero attached hydrogens (tertiary/aromatic N) is 5. The van der Waals surface area contributed by atoms with Crippen LogP contribution in [0.25, 0.3) is 45.3 Å². The van der Waals surface area contributed by atoms with Gasteiger partial charge in [-0.05, 0) is 114 Å². The molecule has 4 unspecified atom stereocenters. The van der Waals surface area contributed by atoms with Crippen LogP contribution in [-0.2, 0) is 5.41 Å². The van der Waals surface area contributed by atoms with Gasteiger partial charge in [0.2, 0.25) is 0 Å². The van der Waals surface area contributed by atoms with Crippen molar-refractivity contribution in [3.05, 3.63) is 168 Å². The second-order valence-electron chi connectivity index (χ2n) is 16.9. The van der Waals surface area contributed by atoms with Crippen LogP contribution in [0, 0.1) is 35.0 Å². The van der Waals surface area contributed by atoms with Gasteiger partial charge in [0.25, 0.3) is 0 Å². The molecule has 4 saturated carbocycles. The summed E-state index contributed by atoms with van der Waals surface area (Å²) in [6.07, 6.45) is 6.55. The number of hydrogen-bond donors (Lipinski definition) is 0. The van der Waals surface area contributed by atoms with E-state index in [4.69, 9.17) is 15.0 Å². The molecule has 6 atom stereocenters. The van der Waals surface area contributed by atoms with E-state index in [1.807, 2.05) is 42.5 Å². The van der Waals surface area contributed by atoms with Gasteiger partial charge in [0.05, 0.1) is 17.3 Å². The zero-order valence-electron chi connectivity index (χ0n) is 32.1. The first-order valence-corrected chi connectivity index (χ1v) is 20.6. The summed E-state index contributed by atoms with van der Waals surface area (Å²) in [5, 5.41) is 9.76. The van der Waals surface area contributed by atoms with Crippen molar-refractivity contribution < 1.29 is 0 Å². The molecule has 276 valence electrons. The van der Waals surface area contributed by atoms with E-state index in [1.54, 1.807) is 5.56 Å². The molecule has 0 N–H and O–H groups in total. The van der Waals surface area contributed by atoms with Crippen molar-refractivity contribution >= 4 is 17.1 Å². The topological polar surface area (TPSA) is 65.7 Å². The van der Waals surface area contributed by atoms with E-state index in [-0.39, 0.29) is 5.41 Å². The summed E-state index contributed by atoms with van der Waals surface area (Å²) in [6.45, 7) is 2.51. The fraction of sp³-hybridized carbons (Fsp3) is 0.231. The van der Waals surface area contributed by atoms with E-state index in [0.29, 0.717) is 29.0 Å². The molecular weight excluding hydrogens is 695 g/mol. The van der Waals surface area contributed by atoms with E-state index >= 15 is 0 Å². The average Bonchev–Trinajstić information content (AvgIpc) is 3.48. The lowest BCUT2D eigenvalue weighted by Crippen LogP contribution is -2.58. The Morgan fingerprint density at radius 2 is 1.23 bits per heavy atom. The van der Waals surface area contributed by atoms with Gasteiger partial charge in [0.1, 0.15) is 0 Å². The van der Waals surface area contributed by atoms with Crippen molar-refractivity contribution in [2.24, 2.45) is 23.7 Å². The molecule has 5 nitrogen and oxygen atoms in total. The predicted octanol–water partition coefficient (Wildman–Crippen LogP) is 12.7. The minimum absolute atomic E-state index is 0.220. The Labute approximate surface area is 334 Å². The number of nitriles is 1. The van der Waals surface area contributed by atoms with Gasteiger partial charge in [-0.25, -0.2) is 15.0 Å². The SMILES string of the molecule is C[C@@H]1CC2CC3[C@H](CC4CC23c2ccccc2N(c2ccccc2)c2cc(-c3nc(-c5ccccc5)nc(-c5ccc(-c6ccccc6C#N)cc5)n3)ccc24)C1. The molecule has 5 heteroatoms. The zero-order valence-corrected chi connectivity index (χ0v) is 32.1. The Morgan fingerprint density at radius 1 is 0.596 bits per heavy atom. The van der Waals surface area contributed by atoms with Crippen molar-refractivity contribution in [2.75, 3.05) is 4.90 Å². The summed E-state index contributed by atoms with van der Waals surface area (Å²) in [5.41, 5.74) is 12.2. The number of anilines is 3. The summed E-state index contributed by atoms with van der Waals surface area (Å²) >= 11 is 0. The predicted molar refractivity (Wildman–Crippen MR) is 228 cm³/mol.